The van der Waals surface area contributed by atoms with E-state index in [0.29, 0.717) is 0 Å². The smallest absolute Gasteiger partial charge is 0.321 e. The predicted molar refractivity (Wildman–Crippen MR) is 113 cm³/mol. The van der Waals surface area contributed by atoms with E-state index in [-0.39, 0.29) is 29.1 Å². The minimum Gasteiger partial charge on any atom is -0.480 e. The van der Waals surface area contributed by atoms with Crippen molar-refractivity contribution >= 4 is 25.8 Å². The van der Waals surface area contributed by atoms with Gasteiger partial charge in [0.1, 0.15) is 11.4 Å². The summed E-state index contributed by atoms with van der Waals surface area (Å²) in [4.78, 5) is 11.6. The summed E-state index contributed by atoms with van der Waals surface area (Å²) in [6.45, 7) is 3.64. The maximum Gasteiger partial charge on any atom is 0.321 e. The SMILES string of the molecule is Cc1ccc(S(=O)(=O)N[C@@H](CCCC(N)S(=O)(=O)c2ccc(C)cc2)C(=O)O)cc1. The number of nitrogens with two attached hydrogens (primary N) is 1. The number of sulfone groups is 1. The van der Waals surface area contributed by atoms with Crippen molar-refractivity contribution in [2.75, 3.05) is 0 Å². The first kappa shape index (κ1) is 24.0. The quantitative estimate of drug-likeness (QED) is 0.498. The van der Waals surface area contributed by atoms with Gasteiger partial charge in [0.25, 0.3) is 0 Å². The maximum absolute atomic E-state index is 12.5. The van der Waals surface area contributed by atoms with Crippen LogP contribution in [0.3, 0.4) is 0 Å². The lowest BCUT2D eigenvalue weighted by molar-refractivity contribution is -0.139. The van der Waals surface area contributed by atoms with Gasteiger partial charge in [0, 0.05) is 0 Å². The number of carbonyl (C=O) groups is 1. The van der Waals surface area contributed by atoms with Crippen molar-refractivity contribution in [2.45, 2.75) is 54.3 Å². The van der Waals surface area contributed by atoms with Gasteiger partial charge < -0.3 is 10.8 Å². The van der Waals surface area contributed by atoms with Crippen LogP contribution >= 0.6 is 0 Å². The minimum absolute atomic E-state index is 0.00769. The Hall–Kier alpha value is -2.27. The summed E-state index contributed by atoms with van der Waals surface area (Å²) < 4.78 is 52.1. The minimum atomic E-state index is -4.03. The highest BCUT2D eigenvalue weighted by Gasteiger charge is 2.27. The molecule has 0 aliphatic rings. The van der Waals surface area contributed by atoms with E-state index >= 15 is 0 Å². The molecule has 2 aromatic rings. The standard InChI is InChI=1S/C20H26N2O6S2/c1-14-6-10-16(11-7-14)29(25,26)19(21)5-3-4-18(20(23)24)22-30(27,28)17-12-8-15(2)9-13-17/h6-13,18-19,22H,3-5,21H2,1-2H3,(H,23,24)/t18-,19?/m0/s1. The number of carboxylic acids is 1. The summed E-state index contributed by atoms with van der Waals surface area (Å²) in [6, 6.07) is 10.9. The third-order valence-electron chi connectivity index (χ3n) is 4.66. The fourth-order valence-corrected chi connectivity index (χ4v) is 5.35. The van der Waals surface area contributed by atoms with Crippen LogP contribution in [0.2, 0.25) is 0 Å². The van der Waals surface area contributed by atoms with E-state index in [1.807, 2.05) is 6.92 Å². The zero-order chi connectivity index (χ0) is 22.5. The molecule has 0 aliphatic carbocycles. The molecular formula is C20H26N2O6S2. The number of carboxylic acid groups (broad SMARTS) is 1. The van der Waals surface area contributed by atoms with Crippen LogP contribution in [-0.4, -0.2) is 39.3 Å². The van der Waals surface area contributed by atoms with Gasteiger partial charge in [-0.05, 0) is 57.4 Å². The van der Waals surface area contributed by atoms with E-state index < -0.39 is 37.2 Å². The van der Waals surface area contributed by atoms with Crippen molar-refractivity contribution < 1.29 is 26.7 Å². The number of hydrogen-bond acceptors (Lipinski definition) is 6. The number of hydrogen-bond donors (Lipinski definition) is 3. The van der Waals surface area contributed by atoms with E-state index in [1.54, 1.807) is 31.2 Å². The number of rotatable bonds is 10. The fourth-order valence-electron chi connectivity index (χ4n) is 2.79. The molecule has 0 heterocycles. The second-order valence-corrected chi connectivity index (χ2v) is 11.0. The third-order valence-corrected chi connectivity index (χ3v) is 8.11. The van der Waals surface area contributed by atoms with Crippen LogP contribution in [0, 0.1) is 13.8 Å². The molecule has 2 aromatic carbocycles. The third kappa shape index (κ3) is 6.11. The molecular weight excluding hydrogens is 428 g/mol. The number of benzene rings is 2. The van der Waals surface area contributed by atoms with Crippen molar-refractivity contribution in [1.29, 1.82) is 0 Å². The van der Waals surface area contributed by atoms with Gasteiger partial charge in [-0.25, -0.2) is 16.8 Å². The van der Waals surface area contributed by atoms with Crippen molar-refractivity contribution in [3.63, 3.8) is 0 Å². The van der Waals surface area contributed by atoms with Crippen LogP contribution < -0.4 is 10.5 Å². The molecule has 2 atom stereocenters. The van der Waals surface area contributed by atoms with Gasteiger partial charge in [0.05, 0.1) is 9.79 Å². The van der Waals surface area contributed by atoms with Crippen molar-refractivity contribution in [3.8, 4) is 0 Å². The lowest BCUT2D eigenvalue weighted by atomic mass is 10.1. The van der Waals surface area contributed by atoms with Gasteiger partial charge in [-0.2, -0.15) is 4.72 Å². The maximum atomic E-state index is 12.5. The van der Waals surface area contributed by atoms with Gasteiger partial charge in [-0.1, -0.05) is 35.4 Å². The molecule has 0 spiro atoms. The topological polar surface area (TPSA) is 144 Å². The van der Waals surface area contributed by atoms with Gasteiger partial charge >= 0.3 is 5.97 Å². The molecule has 8 nitrogen and oxygen atoms in total. The average Bonchev–Trinajstić information content (AvgIpc) is 2.67. The van der Waals surface area contributed by atoms with Crippen LogP contribution in [0.15, 0.2) is 58.3 Å². The number of aliphatic carboxylic acids is 1. The molecule has 0 aliphatic heterocycles. The summed E-state index contributed by atoms with van der Waals surface area (Å²) in [5.41, 5.74) is 7.62. The van der Waals surface area contributed by atoms with Crippen LogP contribution in [-0.2, 0) is 24.7 Å². The van der Waals surface area contributed by atoms with Gasteiger partial charge in [0.15, 0.2) is 9.84 Å². The molecule has 30 heavy (non-hydrogen) atoms. The molecule has 10 heteroatoms. The highest BCUT2D eigenvalue weighted by Crippen LogP contribution is 2.19. The Morgan fingerprint density at radius 1 is 0.900 bits per heavy atom. The van der Waals surface area contributed by atoms with Gasteiger partial charge in [-0.3, -0.25) is 4.79 Å². The van der Waals surface area contributed by atoms with E-state index in [9.17, 15) is 26.7 Å². The van der Waals surface area contributed by atoms with Crippen LogP contribution in [0.5, 0.6) is 0 Å². The first-order valence-electron chi connectivity index (χ1n) is 9.31. The van der Waals surface area contributed by atoms with Crippen LogP contribution in [0.1, 0.15) is 30.4 Å². The number of aryl methyl sites for hydroxylation is 2. The first-order valence-corrected chi connectivity index (χ1v) is 12.3. The zero-order valence-corrected chi connectivity index (χ0v) is 18.4. The number of nitrogens with one attached hydrogen (secondary N) is 1. The Morgan fingerprint density at radius 3 is 1.83 bits per heavy atom. The lowest BCUT2D eigenvalue weighted by Crippen LogP contribution is -2.41. The Morgan fingerprint density at radius 2 is 1.37 bits per heavy atom. The molecule has 2 rings (SSSR count). The monoisotopic (exact) mass is 454 g/mol. The Labute approximate surface area is 177 Å². The second kappa shape index (κ2) is 9.69. The summed E-state index contributed by atoms with van der Waals surface area (Å²) in [7, 11) is -7.79. The van der Waals surface area contributed by atoms with Crippen molar-refractivity contribution in [3.05, 3.63) is 59.7 Å². The highest BCUT2D eigenvalue weighted by atomic mass is 32.2. The average molecular weight is 455 g/mol. The summed E-state index contributed by atoms with van der Waals surface area (Å²) in [6.07, 6.45) is 0.00341. The van der Waals surface area contributed by atoms with Gasteiger partial charge in [0.2, 0.25) is 10.0 Å². The molecule has 1 unspecified atom stereocenters. The molecule has 164 valence electrons. The molecule has 4 N–H and O–H groups in total. The molecule has 0 aromatic heterocycles. The van der Waals surface area contributed by atoms with Crippen LogP contribution in [0.4, 0.5) is 0 Å². The molecule has 0 radical (unpaired) electrons. The first-order chi connectivity index (χ1) is 13.9. The number of sulfonamides is 1. The summed E-state index contributed by atoms with van der Waals surface area (Å²) in [5.74, 6) is -1.35. The Kier molecular flexibility index (Phi) is 7.75. The van der Waals surface area contributed by atoms with E-state index in [0.717, 1.165) is 11.1 Å². The Bertz CT molecular complexity index is 1080. The van der Waals surface area contributed by atoms with E-state index in [2.05, 4.69) is 4.72 Å². The van der Waals surface area contributed by atoms with E-state index in [1.165, 1.54) is 24.3 Å². The summed E-state index contributed by atoms with van der Waals surface area (Å²) in [5, 5.41) is 8.16. The van der Waals surface area contributed by atoms with Gasteiger partial charge in [-0.15, -0.1) is 0 Å². The molecule has 0 fully saturated rings. The fraction of sp³-hybridized carbons (Fsp3) is 0.350. The van der Waals surface area contributed by atoms with Crippen molar-refractivity contribution in [2.24, 2.45) is 5.73 Å². The van der Waals surface area contributed by atoms with Crippen LogP contribution in [0.25, 0.3) is 0 Å². The normalized spacial score (nSPS) is 14.2. The Balaban J connectivity index is 2.01. The summed E-state index contributed by atoms with van der Waals surface area (Å²) >= 11 is 0. The highest BCUT2D eigenvalue weighted by molar-refractivity contribution is 7.92. The zero-order valence-electron chi connectivity index (χ0n) is 16.8. The largest absolute Gasteiger partial charge is 0.480 e. The molecule has 0 saturated heterocycles. The lowest BCUT2D eigenvalue weighted by Gasteiger charge is -2.17. The predicted octanol–water partition coefficient (Wildman–Crippen LogP) is 1.96. The molecule has 0 saturated carbocycles. The molecule has 0 bridgehead atoms. The molecule has 0 amide bonds. The van der Waals surface area contributed by atoms with Crippen molar-refractivity contribution in [1.82, 2.24) is 4.72 Å². The second-order valence-electron chi connectivity index (χ2n) is 7.15. The van der Waals surface area contributed by atoms with E-state index in [4.69, 9.17) is 5.73 Å².